The Morgan fingerprint density at radius 1 is 1.24 bits per heavy atom. The van der Waals surface area contributed by atoms with E-state index in [1.165, 1.54) is 16.7 Å². The number of hydrogen-bond donors (Lipinski definition) is 1. The molecule has 0 aliphatic carbocycles. The predicted molar refractivity (Wildman–Crippen MR) is 141 cm³/mol. The Labute approximate surface area is 223 Å². The van der Waals surface area contributed by atoms with Gasteiger partial charge in [-0.1, -0.05) is 29.8 Å². The Bertz CT molecular complexity index is 1400. The van der Waals surface area contributed by atoms with Crippen molar-refractivity contribution in [1.29, 1.82) is 0 Å². The number of aromatic nitrogens is 3. The maximum atomic E-state index is 14.9. The fraction of sp³-hybridized carbons (Fsp3) is 0.444. The van der Waals surface area contributed by atoms with Crippen LogP contribution in [0.3, 0.4) is 0 Å². The molecule has 0 spiro atoms. The maximum absolute atomic E-state index is 14.9. The molecule has 1 atom stereocenters. The number of nitrogens with zero attached hydrogens (tertiary/aromatic N) is 4. The van der Waals surface area contributed by atoms with Crippen LogP contribution in [0, 0.1) is 5.82 Å². The van der Waals surface area contributed by atoms with E-state index in [-0.39, 0.29) is 29.5 Å². The van der Waals surface area contributed by atoms with Crippen molar-refractivity contribution in [3.8, 4) is 0 Å². The zero-order valence-corrected chi connectivity index (χ0v) is 22.2. The first-order valence-electron chi connectivity index (χ1n) is 12.6. The zero-order chi connectivity index (χ0) is 27.8. The zero-order valence-electron chi connectivity index (χ0n) is 21.4. The summed E-state index contributed by atoms with van der Waals surface area (Å²) < 4.78 is 56.3. The molecule has 2 aromatic heterocycles. The van der Waals surface area contributed by atoms with E-state index >= 15 is 0 Å². The van der Waals surface area contributed by atoms with E-state index in [9.17, 15) is 22.4 Å². The standard InChI is InChI=1S/C27H30ClF4N5O/c1-5-21(17-8-7-9-20(22(17)29)27(30,31)32)33-24-19-14-18(16-10-12-36(13-11-16)15(3)4)23(28)34-25(19)37(6-2)26(38)35-24/h5,7-9,14-16,21H,1,6,10-13H2,2-4H3,(H,33,35,38)/t21-/m1/s1. The van der Waals surface area contributed by atoms with Crippen LogP contribution in [0.2, 0.25) is 5.15 Å². The highest BCUT2D eigenvalue weighted by Gasteiger charge is 2.35. The molecule has 204 valence electrons. The SMILES string of the molecule is C=C[C@@H](Nc1nc(=O)n(CC)c2nc(Cl)c(C3CCN(C(C)C)CC3)cc12)c1cccc(C(F)(F)F)c1F. The van der Waals surface area contributed by atoms with Gasteiger partial charge in [-0.15, -0.1) is 6.58 Å². The second kappa shape index (κ2) is 11.0. The lowest BCUT2D eigenvalue weighted by atomic mass is 9.89. The number of alkyl halides is 3. The van der Waals surface area contributed by atoms with E-state index in [2.05, 4.69) is 40.6 Å². The Balaban J connectivity index is 1.80. The van der Waals surface area contributed by atoms with E-state index in [1.807, 2.05) is 6.07 Å². The number of fused-ring (bicyclic) bond motifs is 1. The quantitative estimate of drug-likeness (QED) is 0.205. The summed E-state index contributed by atoms with van der Waals surface area (Å²) >= 11 is 6.63. The molecule has 11 heteroatoms. The average Bonchev–Trinajstić information content (AvgIpc) is 2.86. The van der Waals surface area contributed by atoms with Crippen LogP contribution in [0.15, 0.2) is 41.7 Å². The molecule has 1 aromatic carbocycles. The van der Waals surface area contributed by atoms with Crippen molar-refractivity contribution < 1.29 is 17.6 Å². The lowest BCUT2D eigenvalue weighted by Gasteiger charge is -2.35. The summed E-state index contributed by atoms with van der Waals surface area (Å²) in [5.74, 6) is -1.20. The van der Waals surface area contributed by atoms with Crippen LogP contribution in [0.4, 0.5) is 23.4 Å². The van der Waals surface area contributed by atoms with Crippen molar-refractivity contribution in [2.45, 2.75) is 64.3 Å². The predicted octanol–water partition coefficient (Wildman–Crippen LogP) is 6.55. The van der Waals surface area contributed by atoms with Crippen molar-refractivity contribution in [2.75, 3.05) is 18.4 Å². The van der Waals surface area contributed by atoms with E-state index in [1.54, 1.807) is 6.92 Å². The van der Waals surface area contributed by atoms with Gasteiger partial charge < -0.3 is 10.2 Å². The molecule has 3 aromatic rings. The molecule has 1 N–H and O–H groups in total. The second-order valence-electron chi connectivity index (χ2n) is 9.70. The number of aryl methyl sites for hydroxylation is 1. The van der Waals surface area contributed by atoms with E-state index in [0.29, 0.717) is 22.6 Å². The molecule has 3 heterocycles. The number of nitrogens with one attached hydrogen (secondary N) is 1. The molecule has 6 nitrogen and oxygen atoms in total. The number of pyridine rings is 1. The summed E-state index contributed by atoms with van der Waals surface area (Å²) in [6, 6.07) is 4.22. The summed E-state index contributed by atoms with van der Waals surface area (Å²) in [5, 5.41) is 3.69. The van der Waals surface area contributed by atoms with E-state index < -0.39 is 29.3 Å². The van der Waals surface area contributed by atoms with E-state index in [4.69, 9.17) is 11.6 Å². The Morgan fingerprint density at radius 3 is 2.50 bits per heavy atom. The summed E-state index contributed by atoms with van der Waals surface area (Å²) in [4.78, 5) is 23.9. The lowest BCUT2D eigenvalue weighted by molar-refractivity contribution is -0.140. The molecule has 0 bridgehead atoms. The van der Waals surface area contributed by atoms with E-state index in [0.717, 1.165) is 37.6 Å². The highest BCUT2D eigenvalue weighted by atomic mass is 35.5. The van der Waals surface area contributed by atoms with Gasteiger partial charge in [0.25, 0.3) is 0 Å². The lowest BCUT2D eigenvalue weighted by Crippen LogP contribution is -2.37. The van der Waals surface area contributed by atoms with Gasteiger partial charge in [0.05, 0.1) is 17.0 Å². The van der Waals surface area contributed by atoms with Gasteiger partial charge in [-0.2, -0.15) is 18.2 Å². The van der Waals surface area contributed by atoms with Gasteiger partial charge in [-0.3, -0.25) is 4.57 Å². The molecular weight excluding hydrogens is 522 g/mol. The minimum absolute atomic E-state index is 0.0708. The number of likely N-dealkylation sites (tertiary alicyclic amines) is 1. The molecule has 0 unspecified atom stereocenters. The van der Waals surface area contributed by atoms with Gasteiger partial charge in [0.2, 0.25) is 0 Å². The normalized spacial score (nSPS) is 16.2. The van der Waals surface area contributed by atoms with Crippen molar-refractivity contribution in [2.24, 2.45) is 0 Å². The summed E-state index contributed by atoms with van der Waals surface area (Å²) in [7, 11) is 0. The molecule has 1 aliphatic rings. The topological polar surface area (TPSA) is 63.1 Å². The first-order valence-corrected chi connectivity index (χ1v) is 12.9. The van der Waals surface area contributed by atoms with Gasteiger partial charge in [-0.25, -0.2) is 14.2 Å². The summed E-state index contributed by atoms with van der Waals surface area (Å²) in [6.45, 7) is 11.8. The van der Waals surface area contributed by atoms with Gasteiger partial charge >= 0.3 is 11.9 Å². The van der Waals surface area contributed by atoms with Crippen LogP contribution in [0.5, 0.6) is 0 Å². The smallest absolute Gasteiger partial charge is 0.359 e. The largest absolute Gasteiger partial charge is 0.419 e. The van der Waals surface area contributed by atoms with Crippen LogP contribution in [0.25, 0.3) is 11.0 Å². The number of hydrogen-bond acceptors (Lipinski definition) is 5. The second-order valence-corrected chi connectivity index (χ2v) is 10.1. The summed E-state index contributed by atoms with van der Waals surface area (Å²) in [6.07, 6.45) is -1.85. The highest BCUT2D eigenvalue weighted by Crippen LogP contribution is 2.37. The first-order chi connectivity index (χ1) is 18.0. The maximum Gasteiger partial charge on any atom is 0.419 e. The van der Waals surface area contributed by atoms with Crippen molar-refractivity contribution in [3.05, 3.63) is 75.1 Å². The fourth-order valence-corrected chi connectivity index (χ4v) is 5.30. The number of anilines is 1. The van der Waals surface area contributed by atoms with Crippen molar-refractivity contribution >= 4 is 28.5 Å². The minimum Gasteiger partial charge on any atom is -0.359 e. The van der Waals surface area contributed by atoms with Gasteiger partial charge in [0, 0.05) is 18.2 Å². The van der Waals surface area contributed by atoms with Crippen molar-refractivity contribution in [3.63, 3.8) is 0 Å². The Hall–Kier alpha value is -2.98. The van der Waals surface area contributed by atoms with Crippen LogP contribution in [-0.2, 0) is 12.7 Å². The van der Waals surface area contributed by atoms with Crippen molar-refractivity contribution in [1.82, 2.24) is 19.4 Å². The van der Waals surface area contributed by atoms with Gasteiger partial charge in [0.1, 0.15) is 22.4 Å². The third-order valence-electron chi connectivity index (χ3n) is 7.15. The summed E-state index contributed by atoms with van der Waals surface area (Å²) in [5.41, 5.74) is -1.17. The van der Waals surface area contributed by atoms with Gasteiger partial charge in [0.15, 0.2) is 0 Å². The third kappa shape index (κ3) is 5.42. The van der Waals surface area contributed by atoms with Crippen LogP contribution in [0.1, 0.15) is 62.3 Å². The van der Waals surface area contributed by atoms with Crippen LogP contribution in [-0.4, -0.2) is 38.6 Å². The molecule has 1 aliphatic heterocycles. The number of halogens is 5. The minimum atomic E-state index is -4.86. The molecular formula is C27H30ClF4N5O. The molecule has 38 heavy (non-hydrogen) atoms. The van der Waals surface area contributed by atoms with Crippen LogP contribution >= 0.6 is 11.6 Å². The number of piperidine rings is 1. The molecule has 4 rings (SSSR count). The highest BCUT2D eigenvalue weighted by molar-refractivity contribution is 6.30. The van der Waals surface area contributed by atoms with Gasteiger partial charge in [-0.05, 0) is 70.3 Å². The Kier molecular flexibility index (Phi) is 8.13. The molecule has 0 radical (unpaired) electrons. The first kappa shape index (κ1) is 28.0. The molecule has 1 saturated heterocycles. The Morgan fingerprint density at radius 2 is 1.92 bits per heavy atom. The fourth-order valence-electron chi connectivity index (χ4n) is 5.01. The third-order valence-corrected chi connectivity index (χ3v) is 7.45. The molecule has 0 amide bonds. The molecule has 0 saturated carbocycles. The molecule has 1 fully saturated rings. The van der Waals surface area contributed by atoms with Crippen LogP contribution < -0.4 is 11.0 Å². The number of rotatable bonds is 7. The monoisotopic (exact) mass is 551 g/mol. The average molecular weight is 552 g/mol. The number of benzene rings is 1.